The first kappa shape index (κ1) is 19.5. The van der Waals surface area contributed by atoms with Gasteiger partial charge in [-0.25, -0.2) is 4.39 Å². The highest BCUT2D eigenvalue weighted by Crippen LogP contribution is 2.47. The lowest BCUT2D eigenvalue weighted by Crippen LogP contribution is -2.43. The van der Waals surface area contributed by atoms with Crippen LogP contribution >= 0.6 is 0 Å². The predicted octanol–water partition coefficient (Wildman–Crippen LogP) is 4.20. The minimum atomic E-state index is -0.705. The highest BCUT2D eigenvalue weighted by atomic mass is 19.1. The Labute approximate surface area is 180 Å². The van der Waals surface area contributed by atoms with Gasteiger partial charge < -0.3 is 9.80 Å². The number of anilines is 1. The molecule has 1 atom stereocenters. The number of rotatable bonds is 4. The molecule has 0 saturated carbocycles. The molecule has 3 aromatic rings. The molecule has 4 nitrogen and oxygen atoms in total. The molecule has 0 aromatic heterocycles. The number of carbonyl (C=O) groups is 2. The van der Waals surface area contributed by atoms with E-state index in [9.17, 15) is 14.0 Å². The average molecular weight is 414 g/mol. The van der Waals surface area contributed by atoms with Crippen LogP contribution < -0.4 is 4.90 Å². The van der Waals surface area contributed by atoms with Crippen LogP contribution in [0.5, 0.6) is 0 Å². The molecule has 0 aliphatic carbocycles. The number of benzene rings is 3. The Balaban J connectivity index is 1.41. The van der Waals surface area contributed by atoms with E-state index >= 15 is 0 Å². The van der Waals surface area contributed by atoms with Crippen molar-refractivity contribution < 1.29 is 14.0 Å². The van der Waals surface area contributed by atoms with Crippen molar-refractivity contribution >= 4 is 17.5 Å². The van der Waals surface area contributed by atoms with Gasteiger partial charge in [-0.3, -0.25) is 9.59 Å². The molecular weight excluding hydrogens is 391 g/mol. The molecule has 1 fully saturated rings. The monoisotopic (exact) mass is 414 g/mol. The molecule has 1 saturated heterocycles. The van der Waals surface area contributed by atoms with Gasteiger partial charge in [-0.1, -0.05) is 48.5 Å². The molecule has 5 rings (SSSR count). The van der Waals surface area contributed by atoms with E-state index in [1.165, 1.54) is 29.8 Å². The van der Waals surface area contributed by atoms with E-state index in [2.05, 4.69) is 12.1 Å². The first-order valence-corrected chi connectivity index (χ1v) is 10.6. The van der Waals surface area contributed by atoms with Gasteiger partial charge in [-0.2, -0.15) is 0 Å². The number of hydrogen-bond acceptors (Lipinski definition) is 2. The summed E-state index contributed by atoms with van der Waals surface area (Å²) in [6.45, 7) is 1.46. The standard InChI is InChI=1S/C26H23FN2O2/c27-21-12-10-20(11-13-21)24(30)28-17-15-26(18-28)22-8-4-5-9-23(22)29(25(26)31)16-14-19-6-2-1-3-7-19/h1-13H,14-18H2. The molecule has 0 radical (unpaired) electrons. The fourth-order valence-electron chi connectivity index (χ4n) is 4.86. The minimum Gasteiger partial charge on any atom is -0.337 e. The number of likely N-dealkylation sites (tertiary alicyclic amines) is 1. The van der Waals surface area contributed by atoms with Crippen LogP contribution in [0, 0.1) is 5.82 Å². The highest BCUT2D eigenvalue weighted by Gasteiger charge is 2.54. The second-order valence-corrected chi connectivity index (χ2v) is 8.28. The van der Waals surface area contributed by atoms with E-state index in [0.29, 0.717) is 31.6 Å². The van der Waals surface area contributed by atoms with Crippen LogP contribution in [0.4, 0.5) is 10.1 Å². The van der Waals surface area contributed by atoms with E-state index < -0.39 is 5.41 Å². The maximum absolute atomic E-state index is 13.7. The summed E-state index contributed by atoms with van der Waals surface area (Å²) in [7, 11) is 0. The highest BCUT2D eigenvalue weighted by molar-refractivity contribution is 6.09. The van der Waals surface area contributed by atoms with Gasteiger partial charge in [0.1, 0.15) is 5.82 Å². The third-order valence-electron chi connectivity index (χ3n) is 6.48. The lowest BCUT2D eigenvalue weighted by Gasteiger charge is -2.24. The molecule has 1 spiro atoms. The summed E-state index contributed by atoms with van der Waals surface area (Å²) in [6, 6.07) is 23.6. The molecule has 0 bridgehead atoms. The zero-order chi connectivity index (χ0) is 21.4. The summed E-state index contributed by atoms with van der Waals surface area (Å²) in [5, 5.41) is 0. The fourth-order valence-corrected chi connectivity index (χ4v) is 4.86. The largest absolute Gasteiger partial charge is 0.337 e. The quantitative estimate of drug-likeness (QED) is 0.642. The van der Waals surface area contributed by atoms with Crippen LogP contribution in [-0.2, 0) is 16.6 Å². The maximum Gasteiger partial charge on any atom is 0.253 e. The van der Waals surface area contributed by atoms with E-state index in [1.54, 1.807) is 4.90 Å². The van der Waals surface area contributed by atoms with Crippen LogP contribution in [0.25, 0.3) is 0 Å². The number of nitrogens with zero attached hydrogens (tertiary/aromatic N) is 2. The predicted molar refractivity (Wildman–Crippen MR) is 118 cm³/mol. The van der Waals surface area contributed by atoms with Crippen molar-refractivity contribution in [1.82, 2.24) is 4.90 Å². The van der Waals surface area contributed by atoms with Gasteiger partial charge in [0.05, 0.1) is 5.41 Å². The van der Waals surface area contributed by atoms with Crippen molar-refractivity contribution in [3.63, 3.8) is 0 Å². The number of halogens is 1. The number of fused-ring (bicyclic) bond motifs is 2. The minimum absolute atomic E-state index is 0.0686. The maximum atomic E-state index is 13.7. The summed E-state index contributed by atoms with van der Waals surface area (Å²) in [5.74, 6) is -0.465. The lowest BCUT2D eigenvalue weighted by molar-refractivity contribution is -0.122. The van der Waals surface area contributed by atoms with Crippen LogP contribution in [0.15, 0.2) is 78.9 Å². The molecule has 156 valence electrons. The van der Waals surface area contributed by atoms with E-state index in [-0.39, 0.29) is 17.6 Å². The Morgan fingerprint density at radius 3 is 2.42 bits per heavy atom. The van der Waals surface area contributed by atoms with Gasteiger partial charge in [-0.05, 0) is 54.3 Å². The second kappa shape index (κ2) is 7.65. The Morgan fingerprint density at radius 2 is 1.65 bits per heavy atom. The number of para-hydroxylation sites is 1. The topological polar surface area (TPSA) is 40.6 Å². The molecule has 31 heavy (non-hydrogen) atoms. The number of hydrogen-bond donors (Lipinski definition) is 0. The van der Waals surface area contributed by atoms with Gasteiger partial charge in [-0.15, -0.1) is 0 Å². The second-order valence-electron chi connectivity index (χ2n) is 8.28. The van der Waals surface area contributed by atoms with E-state index in [0.717, 1.165) is 17.7 Å². The van der Waals surface area contributed by atoms with Gasteiger partial charge in [0.2, 0.25) is 5.91 Å². The van der Waals surface area contributed by atoms with Crippen molar-refractivity contribution in [1.29, 1.82) is 0 Å². The molecule has 2 amide bonds. The smallest absolute Gasteiger partial charge is 0.253 e. The summed E-state index contributed by atoms with van der Waals surface area (Å²) < 4.78 is 13.2. The van der Waals surface area contributed by atoms with Gasteiger partial charge in [0.25, 0.3) is 5.91 Å². The molecular formula is C26H23FN2O2. The van der Waals surface area contributed by atoms with Crippen molar-refractivity contribution in [2.75, 3.05) is 24.5 Å². The van der Waals surface area contributed by atoms with Crippen LogP contribution in [0.1, 0.15) is 27.9 Å². The van der Waals surface area contributed by atoms with Crippen molar-refractivity contribution in [3.8, 4) is 0 Å². The molecule has 5 heteroatoms. The molecule has 2 aliphatic rings. The summed E-state index contributed by atoms with van der Waals surface area (Å²) >= 11 is 0. The van der Waals surface area contributed by atoms with Crippen molar-refractivity contribution in [3.05, 3.63) is 101 Å². The van der Waals surface area contributed by atoms with Crippen molar-refractivity contribution in [2.45, 2.75) is 18.3 Å². The molecule has 0 N–H and O–H groups in total. The number of amides is 2. The van der Waals surface area contributed by atoms with Crippen LogP contribution in [0.2, 0.25) is 0 Å². The first-order valence-electron chi connectivity index (χ1n) is 10.6. The van der Waals surface area contributed by atoms with Gasteiger partial charge in [0.15, 0.2) is 0 Å². The summed E-state index contributed by atoms with van der Waals surface area (Å²) in [5.41, 5.74) is 2.87. The van der Waals surface area contributed by atoms with E-state index in [4.69, 9.17) is 0 Å². The van der Waals surface area contributed by atoms with Crippen molar-refractivity contribution in [2.24, 2.45) is 0 Å². The average Bonchev–Trinajstić information content (AvgIpc) is 3.35. The zero-order valence-electron chi connectivity index (χ0n) is 17.1. The third kappa shape index (κ3) is 3.30. The normalized spacial score (nSPS) is 19.8. The zero-order valence-corrected chi connectivity index (χ0v) is 17.1. The molecule has 2 heterocycles. The molecule has 3 aromatic carbocycles. The van der Waals surface area contributed by atoms with E-state index in [1.807, 2.05) is 47.4 Å². The van der Waals surface area contributed by atoms with Crippen LogP contribution in [-0.4, -0.2) is 36.3 Å². The Morgan fingerprint density at radius 1 is 0.935 bits per heavy atom. The Kier molecular flexibility index (Phi) is 4.81. The number of carbonyl (C=O) groups excluding carboxylic acids is 2. The first-order chi connectivity index (χ1) is 15.1. The van der Waals surface area contributed by atoms with Crippen LogP contribution in [0.3, 0.4) is 0 Å². The Hall–Kier alpha value is -3.47. The Bertz CT molecular complexity index is 1130. The third-order valence-corrected chi connectivity index (χ3v) is 6.48. The molecule has 1 unspecified atom stereocenters. The lowest BCUT2D eigenvalue weighted by atomic mass is 9.81. The summed E-state index contributed by atoms with van der Waals surface area (Å²) in [6.07, 6.45) is 1.37. The van der Waals surface area contributed by atoms with Gasteiger partial charge in [0, 0.05) is 30.9 Å². The summed E-state index contributed by atoms with van der Waals surface area (Å²) in [4.78, 5) is 30.3. The molecule has 2 aliphatic heterocycles. The fraction of sp³-hybridized carbons (Fsp3) is 0.231. The van der Waals surface area contributed by atoms with Gasteiger partial charge >= 0.3 is 0 Å². The SMILES string of the molecule is O=C(c1ccc(F)cc1)N1CCC2(C1)C(=O)N(CCc1ccccc1)c1ccccc12.